The molecule has 1 aromatic rings. The number of hydrogen-bond acceptors (Lipinski definition) is 4. The van der Waals surface area contributed by atoms with Gasteiger partial charge < -0.3 is 14.8 Å². The Hall–Kier alpha value is -0.830. The van der Waals surface area contributed by atoms with E-state index in [1.54, 1.807) is 26.0 Å². The second kappa shape index (κ2) is 6.20. The molecule has 0 spiro atoms. The first-order valence-electron chi connectivity index (χ1n) is 5.77. The van der Waals surface area contributed by atoms with Crippen LogP contribution in [0.5, 0.6) is 0 Å². The fourth-order valence-electron chi connectivity index (χ4n) is 1.58. The summed E-state index contributed by atoms with van der Waals surface area (Å²) in [5.74, 6) is 0. The highest BCUT2D eigenvalue weighted by Gasteiger charge is 2.32. The van der Waals surface area contributed by atoms with E-state index in [2.05, 4.69) is 0 Å². The maximum Gasteiger partial charge on any atom is 0.337 e. The predicted octanol–water partition coefficient (Wildman–Crippen LogP) is 3.60. The molecule has 0 aliphatic rings. The van der Waals surface area contributed by atoms with E-state index in [1.165, 1.54) is 0 Å². The molecule has 1 unspecified atom stereocenters. The largest absolute Gasteiger partial charge is 0.399 e. The van der Waals surface area contributed by atoms with Gasteiger partial charge in [0.2, 0.25) is 0 Å². The van der Waals surface area contributed by atoms with E-state index in [9.17, 15) is 4.57 Å². The highest BCUT2D eigenvalue weighted by Crippen LogP contribution is 2.60. The highest BCUT2D eigenvalue weighted by atomic mass is 31.2. The zero-order valence-electron chi connectivity index (χ0n) is 10.6. The van der Waals surface area contributed by atoms with Crippen LogP contribution in [0, 0.1) is 0 Å². The van der Waals surface area contributed by atoms with Gasteiger partial charge in [0.15, 0.2) is 0 Å². The third-order valence-corrected chi connectivity index (χ3v) is 4.99. The summed E-state index contributed by atoms with van der Waals surface area (Å²) >= 11 is 0. The van der Waals surface area contributed by atoms with Gasteiger partial charge >= 0.3 is 7.60 Å². The van der Waals surface area contributed by atoms with Crippen molar-refractivity contribution in [3.05, 3.63) is 29.8 Å². The van der Waals surface area contributed by atoms with Gasteiger partial charge in [-0.25, -0.2) is 0 Å². The monoisotopic (exact) mass is 257 g/mol. The molecular formula is C12H20NO3P. The molecule has 1 rings (SSSR count). The van der Waals surface area contributed by atoms with Crippen LogP contribution < -0.4 is 5.73 Å². The number of nitrogen functional groups attached to an aromatic ring is 1. The summed E-state index contributed by atoms with van der Waals surface area (Å²) in [5, 5.41) is 0. The van der Waals surface area contributed by atoms with Gasteiger partial charge in [-0.2, -0.15) is 0 Å². The normalized spacial score (nSPS) is 13.6. The Morgan fingerprint density at radius 2 is 1.65 bits per heavy atom. The first kappa shape index (κ1) is 14.2. The van der Waals surface area contributed by atoms with Crippen molar-refractivity contribution in [1.82, 2.24) is 0 Å². The average Bonchev–Trinajstić information content (AvgIpc) is 2.30. The Bertz CT molecular complexity index is 381. The minimum atomic E-state index is -3.09. The van der Waals surface area contributed by atoms with Crippen LogP contribution >= 0.6 is 7.60 Å². The molecule has 1 atom stereocenters. The van der Waals surface area contributed by atoms with Crippen LogP contribution in [0.3, 0.4) is 0 Å². The first-order valence-corrected chi connectivity index (χ1v) is 7.39. The van der Waals surface area contributed by atoms with Gasteiger partial charge in [-0.05, 0) is 38.5 Å². The third kappa shape index (κ3) is 3.56. The number of anilines is 1. The molecule has 0 radical (unpaired) electrons. The fraction of sp³-hybridized carbons (Fsp3) is 0.500. The Kier molecular flexibility index (Phi) is 5.19. The lowest BCUT2D eigenvalue weighted by Crippen LogP contribution is -2.04. The van der Waals surface area contributed by atoms with Crippen LogP contribution in [0.2, 0.25) is 0 Å². The summed E-state index contributed by atoms with van der Waals surface area (Å²) in [7, 11) is -3.09. The number of hydrogen-bond donors (Lipinski definition) is 1. The molecular weight excluding hydrogens is 237 g/mol. The Morgan fingerprint density at radius 1 is 1.18 bits per heavy atom. The Morgan fingerprint density at radius 3 is 2.06 bits per heavy atom. The zero-order chi connectivity index (χ0) is 12.9. The van der Waals surface area contributed by atoms with Gasteiger partial charge in [0.25, 0.3) is 0 Å². The Balaban J connectivity index is 2.95. The van der Waals surface area contributed by atoms with Crippen molar-refractivity contribution in [1.29, 1.82) is 0 Å². The molecule has 0 aromatic heterocycles. The average molecular weight is 257 g/mol. The van der Waals surface area contributed by atoms with Crippen LogP contribution in [0.4, 0.5) is 5.69 Å². The Labute approximate surface area is 103 Å². The van der Waals surface area contributed by atoms with E-state index in [0.717, 1.165) is 5.56 Å². The maximum atomic E-state index is 12.5. The lowest BCUT2D eigenvalue weighted by Gasteiger charge is -2.23. The molecule has 0 bridgehead atoms. The van der Waals surface area contributed by atoms with Gasteiger partial charge in [-0.1, -0.05) is 12.1 Å². The molecule has 0 saturated carbocycles. The van der Waals surface area contributed by atoms with Crippen LogP contribution in [-0.2, 0) is 13.6 Å². The summed E-state index contributed by atoms with van der Waals surface area (Å²) in [6.45, 7) is 6.20. The molecule has 0 aliphatic carbocycles. The van der Waals surface area contributed by atoms with Crippen molar-refractivity contribution < 1.29 is 13.6 Å². The van der Waals surface area contributed by atoms with Crippen LogP contribution in [0.25, 0.3) is 0 Å². The smallest absolute Gasteiger partial charge is 0.337 e. The molecule has 0 aliphatic heterocycles. The molecule has 0 amide bonds. The van der Waals surface area contributed by atoms with E-state index in [4.69, 9.17) is 14.8 Å². The molecule has 0 fully saturated rings. The summed E-state index contributed by atoms with van der Waals surface area (Å²) in [4.78, 5) is 0. The zero-order valence-corrected chi connectivity index (χ0v) is 11.4. The van der Waals surface area contributed by atoms with E-state index in [1.807, 2.05) is 19.1 Å². The fourth-order valence-corrected chi connectivity index (χ4v) is 3.36. The van der Waals surface area contributed by atoms with Crippen molar-refractivity contribution >= 4 is 13.3 Å². The predicted molar refractivity (Wildman–Crippen MR) is 70.1 cm³/mol. The lowest BCUT2D eigenvalue weighted by molar-refractivity contribution is 0.213. The van der Waals surface area contributed by atoms with Crippen molar-refractivity contribution in [2.24, 2.45) is 0 Å². The van der Waals surface area contributed by atoms with Crippen molar-refractivity contribution in [3.63, 3.8) is 0 Å². The van der Waals surface area contributed by atoms with Crippen LogP contribution in [0.1, 0.15) is 32.0 Å². The molecule has 4 nitrogen and oxygen atoms in total. The topological polar surface area (TPSA) is 61.5 Å². The second-order valence-corrected chi connectivity index (χ2v) is 6.09. The van der Waals surface area contributed by atoms with E-state index < -0.39 is 7.60 Å². The number of benzene rings is 1. The molecule has 17 heavy (non-hydrogen) atoms. The van der Waals surface area contributed by atoms with Crippen LogP contribution in [-0.4, -0.2) is 13.2 Å². The van der Waals surface area contributed by atoms with Crippen molar-refractivity contribution in [2.45, 2.75) is 26.4 Å². The maximum absolute atomic E-state index is 12.5. The summed E-state index contributed by atoms with van der Waals surface area (Å²) in [6.07, 6.45) is 0. The SMILES string of the molecule is CCOP(=O)(OCC)C(C)c1ccc(N)cc1. The van der Waals surface area contributed by atoms with E-state index >= 15 is 0 Å². The highest BCUT2D eigenvalue weighted by molar-refractivity contribution is 7.54. The van der Waals surface area contributed by atoms with Gasteiger partial charge in [0, 0.05) is 5.69 Å². The van der Waals surface area contributed by atoms with Crippen molar-refractivity contribution in [3.8, 4) is 0 Å². The van der Waals surface area contributed by atoms with Gasteiger partial charge in [-0.3, -0.25) is 4.57 Å². The van der Waals surface area contributed by atoms with E-state index in [0.29, 0.717) is 18.9 Å². The summed E-state index contributed by atoms with van der Waals surface area (Å²) in [6, 6.07) is 7.28. The quantitative estimate of drug-likeness (QED) is 0.624. The number of nitrogens with two attached hydrogens (primary N) is 1. The first-order chi connectivity index (χ1) is 8.03. The number of rotatable bonds is 6. The third-order valence-electron chi connectivity index (χ3n) is 2.51. The minimum Gasteiger partial charge on any atom is -0.399 e. The standard InChI is InChI=1S/C12H20NO3P/c1-4-15-17(14,16-5-2)10(3)11-6-8-12(13)9-7-11/h6-10H,4-5,13H2,1-3H3. The van der Waals surface area contributed by atoms with E-state index in [-0.39, 0.29) is 5.66 Å². The van der Waals surface area contributed by atoms with Gasteiger partial charge in [0.1, 0.15) is 0 Å². The van der Waals surface area contributed by atoms with Crippen molar-refractivity contribution in [2.75, 3.05) is 18.9 Å². The molecule has 96 valence electrons. The molecule has 1 aromatic carbocycles. The van der Waals surface area contributed by atoms with Crippen LogP contribution in [0.15, 0.2) is 24.3 Å². The second-order valence-electron chi connectivity index (χ2n) is 3.72. The van der Waals surface area contributed by atoms with Gasteiger partial charge in [0.05, 0.1) is 18.9 Å². The molecule has 0 heterocycles. The minimum absolute atomic E-state index is 0.289. The van der Waals surface area contributed by atoms with Gasteiger partial charge in [-0.15, -0.1) is 0 Å². The summed E-state index contributed by atoms with van der Waals surface area (Å²) < 4.78 is 23.2. The molecule has 2 N–H and O–H groups in total. The molecule has 0 saturated heterocycles. The molecule has 5 heteroatoms. The summed E-state index contributed by atoms with van der Waals surface area (Å²) in [5.41, 5.74) is 6.92. The lowest BCUT2D eigenvalue weighted by atomic mass is 10.1.